The molecule has 0 aromatic carbocycles. The minimum atomic E-state index is -0.828. The predicted octanol–water partition coefficient (Wildman–Crippen LogP) is 2.95. The number of nitrogens with zero attached hydrogens (tertiary/aromatic N) is 1. The van der Waals surface area contributed by atoms with Crippen molar-refractivity contribution in [3.05, 3.63) is 0 Å². The minimum Gasteiger partial charge on any atom is -0.481 e. The summed E-state index contributed by atoms with van der Waals surface area (Å²) in [5.74, 6) is -0.470. The molecule has 0 fully saturated rings. The van der Waals surface area contributed by atoms with Gasteiger partial charge in [-0.2, -0.15) is 0 Å². The highest BCUT2D eigenvalue weighted by Crippen LogP contribution is 2.12. The van der Waals surface area contributed by atoms with Crippen molar-refractivity contribution in [3.63, 3.8) is 0 Å². The largest absolute Gasteiger partial charge is 0.481 e. The molecule has 0 aliphatic heterocycles. The monoisotopic (exact) mass is 286 g/mol. The Balaban J connectivity index is 4.50. The van der Waals surface area contributed by atoms with E-state index in [4.69, 9.17) is 5.11 Å². The molecule has 0 aromatic heterocycles. The molecular formula is C15H30N2O3. The van der Waals surface area contributed by atoms with Crippen LogP contribution < -0.4 is 5.32 Å². The van der Waals surface area contributed by atoms with Gasteiger partial charge in [-0.1, -0.05) is 34.6 Å². The molecule has 0 heterocycles. The smallest absolute Gasteiger partial charge is 0.317 e. The summed E-state index contributed by atoms with van der Waals surface area (Å²) < 4.78 is 0. The zero-order valence-corrected chi connectivity index (χ0v) is 13.5. The lowest BCUT2D eigenvalue weighted by Crippen LogP contribution is -2.48. The van der Waals surface area contributed by atoms with Gasteiger partial charge in [0.05, 0.1) is 0 Å². The topological polar surface area (TPSA) is 69.6 Å². The van der Waals surface area contributed by atoms with E-state index in [2.05, 4.69) is 33.0 Å². The van der Waals surface area contributed by atoms with E-state index in [1.807, 2.05) is 11.8 Å². The van der Waals surface area contributed by atoms with Crippen molar-refractivity contribution >= 4 is 12.0 Å². The van der Waals surface area contributed by atoms with E-state index < -0.39 is 5.97 Å². The predicted molar refractivity (Wildman–Crippen MR) is 80.7 cm³/mol. The maximum atomic E-state index is 12.3. The summed E-state index contributed by atoms with van der Waals surface area (Å²) >= 11 is 0. The quantitative estimate of drug-likeness (QED) is 0.684. The van der Waals surface area contributed by atoms with Gasteiger partial charge in [0, 0.05) is 25.6 Å². The van der Waals surface area contributed by atoms with Crippen molar-refractivity contribution in [3.8, 4) is 0 Å². The van der Waals surface area contributed by atoms with Crippen LogP contribution >= 0.6 is 0 Å². The Labute approximate surface area is 122 Å². The first kappa shape index (κ1) is 18.7. The fourth-order valence-electron chi connectivity index (χ4n) is 2.25. The third kappa shape index (κ3) is 7.36. The Morgan fingerprint density at radius 2 is 1.70 bits per heavy atom. The lowest BCUT2D eigenvalue weighted by molar-refractivity contribution is -0.137. The standard InChI is InChI=1S/C15H30N2O3/c1-6-13(7-2)17(10-11(3)4)15(20)16-9-12(5)8-14(18)19/h11-13H,6-10H2,1-5H3,(H,16,20)(H,18,19). The van der Waals surface area contributed by atoms with Crippen molar-refractivity contribution in [2.24, 2.45) is 11.8 Å². The van der Waals surface area contributed by atoms with Crippen LogP contribution in [0.2, 0.25) is 0 Å². The van der Waals surface area contributed by atoms with Gasteiger partial charge in [0.25, 0.3) is 0 Å². The van der Waals surface area contributed by atoms with Gasteiger partial charge >= 0.3 is 12.0 Å². The van der Waals surface area contributed by atoms with E-state index in [-0.39, 0.29) is 24.4 Å². The van der Waals surface area contributed by atoms with Crippen molar-refractivity contribution in [1.29, 1.82) is 0 Å². The number of hydrogen-bond donors (Lipinski definition) is 2. The summed E-state index contributed by atoms with van der Waals surface area (Å²) in [6.45, 7) is 11.3. The highest BCUT2D eigenvalue weighted by Gasteiger charge is 2.22. The molecule has 5 nitrogen and oxygen atoms in total. The van der Waals surface area contributed by atoms with Crippen LogP contribution in [0.3, 0.4) is 0 Å². The first-order valence-electron chi connectivity index (χ1n) is 7.57. The van der Waals surface area contributed by atoms with Gasteiger partial charge in [-0.25, -0.2) is 4.79 Å². The van der Waals surface area contributed by atoms with Crippen molar-refractivity contribution in [2.45, 2.75) is 59.9 Å². The lowest BCUT2D eigenvalue weighted by atomic mass is 10.1. The van der Waals surface area contributed by atoms with Crippen molar-refractivity contribution < 1.29 is 14.7 Å². The Kier molecular flexibility index (Phi) is 9.01. The molecule has 0 rings (SSSR count). The second-order valence-electron chi connectivity index (χ2n) is 5.91. The van der Waals surface area contributed by atoms with Crippen LogP contribution in [0.25, 0.3) is 0 Å². The minimum absolute atomic E-state index is 0.0564. The highest BCUT2D eigenvalue weighted by molar-refractivity contribution is 5.74. The zero-order chi connectivity index (χ0) is 15.7. The molecule has 0 radical (unpaired) electrons. The van der Waals surface area contributed by atoms with E-state index in [9.17, 15) is 9.59 Å². The summed E-state index contributed by atoms with van der Waals surface area (Å²) in [5.41, 5.74) is 0. The molecule has 5 heteroatoms. The van der Waals surface area contributed by atoms with E-state index in [0.717, 1.165) is 19.4 Å². The van der Waals surface area contributed by atoms with Gasteiger partial charge < -0.3 is 15.3 Å². The SMILES string of the molecule is CCC(CC)N(CC(C)C)C(=O)NCC(C)CC(=O)O. The van der Waals surface area contributed by atoms with Crippen LogP contribution in [0, 0.1) is 11.8 Å². The number of rotatable bonds is 9. The fourth-order valence-corrected chi connectivity index (χ4v) is 2.25. The molecule has 0 saturated carbocycles. The van der Waals surface area contributed by atoms with Gasteiger partial charge in [-0.05, 0) is 24.7 Å². The maximum absolute atomic E-state index is 12.3. The first-order chi connectivity index (χ1) is 9.31. The number of carbonyl (C=O) groups excluding carboxylic acids is 1. The number of carbonyl (C=O) groups is 2. The molecule has 2 N–H and O–H groups in total. The van der Waals surface area contributed by atoms with Gasteiger partial charge in [0.1, 0.15) is 0 Å². The molecule has 0 saturated heterocycles. The molecule has 0 aliphatic rings. The number of hydrogen-bond acceptors (Lipinski definition) is 2. The van der Waals surface area contributed by atoms with Crippen LogP contribution in [0.5, 0.6) is 0 Å². The Morgan fingerprint density at radius 1 is 1.15 bits per heavy atom. The molecular weight excluding hydrogens is 256 g/mol. The maximum Gasteiger partial charge on any atom is 0.317 e. The summed E-state index contributed by atoms with van der Waals surface area (Å²) in [7, 11) is 0. The summed E-state index contributed by atoms with van der Waals surface area (Å²) in [6.07, 6.45) is 1.94. The van der Waals surface area contributed by atoms with Crippen LogP contribution in [-0.2, 0) is 4.79 Å². The van der Waals surface area contributed by atoms with E-state index >= 15 is 0 Å². The van der Waals surface area contributed by atoms with Gasteiger partial charge in [0.2, 0.25) is 0 Å². The van der Waals surface area contributed by atoms with Crippen molar-refractivity contribution in [1.82, 2.24) is 10.2 Å². The molecule has 20 heavy (non-hydrogen) atoms. The van der Waals surface area contributed by atoms with Gasteiger partial charge in [0.15, 0.2) is 0 Å². The lowest BCUT2D eigenvalue weighted by Gasteiger charge is -2.32. The second-order valence-corrected chi connectivity index (χ2v) is 5.91. The van der Waals surface area contributed by atoms with Crippen LogP contribution in [0.1, 0.15) is 53.9 Å². The zero-order valence-electron chi connectivity index (χ0n) is 13.5. The Bertz CT molecular complexity index is 301. The van der Waals surface area contributed by atoms with Crippen molar-refractivity contribution in [2.75, 3.05) is 13.1 Å². The number of urea groups is 1. The molecule has 0 aliphatic carbocycles. The third-order valence-corrected chi connectivity index (χ3v) is 3.33. The second kappa shape index (κ2) is 9.61. The fraction of sp³-hybridized carbons (Fsp3) is 0.867. The van der Waals surface area contributed by atoms with Crippen LogP contribution in [0.15, 0.2) is 0 Å². The normalized spacial score (nSPS) is 12.6. The third-order valence-electron chi connectivity index (χ3n) is 3.33. The summed E-state index contributed by atoms with van der Waals surface area (Å²) in [5, 5.41) is 11.6. The molecule has 1 unspecified atom stereocenters. The first-order valence-corrected chi connectivity index (χ1v) is 7.57. The number of nitrogens with one attached hydrogen (secondary N) is 1. The number of carboxylic acids is 1. The average molecular weight is 286 g/mol. The van der Waals surface area contributed by atoms with Gasteiger partial charge in [-0.3, -0.25) is 4.79 Å². The molecule has 0 spiro atoms. The summed E-state index contributed by atoms with van der Waals surface area (Å²) in [6, 6.07) is 0.164. The molecule has 118 valence electrons. The van der Waals surface area contributed by atoms with E-state index in [1.165, 1.54) is 0 Å². The number of carboxylic acid groups (broad SMARTS) is 1. The molecule has 0 aromatic rings. The Hall–Kier alpha value is -1.26. The van der Waals surface area contributed by atoms with Crippen LogP contribution in [-0.4, -0.2) is 41.1 Å². The van der Waals surface area contributed by atoms with Gasteiger partial charge in [-0.15, -0.1) is 0 Å². The number of amides is 2. The van der Waals surface area contributed by atoms with E-state index in [0.29, 0.717) is 12.5 Å². The van der Waals surface area contributed by atoms with Crippen LogP contribution in [0.4, 0.5) is 4.79 Å². The average Bonchev–Trinajstić information content (AvgIpc) is 2.35. The molecule has 1 atom stereocenters. The Morgan fingerprint density at radius 3 is 2.10 bits per heavy atom. The molecule has 2 amide bonds. The molecule has 0 bridgehead atoms. The highest BCUT2D eigenvalue weighted by atomic mass is 16.4. The number of aliphatic carboxylic acids is 1. The van der Waals surface area contributed by atoms with E-state index in [1.54, 1.807) is 0 Å². The summed E-state index contributed by atoms with van der Waals surface area (Å²) in [4.78, 5) is 24.8.